The van der Waals surface area contributed by atoms with E-state index >= 15 is 0 Å². The molecule has 0 aliphatic heterocycles. The number of benzene rings is 1. The highest BCUT2D eigenvalue weighted by atomic mass is 35.5. The van der Waals surface area contributed by atoms with Crippen molar-refractivity contribution in [3.05, 3.63) is 52.4 Å². The molecule has 88 valence electrons. The average molecular weight is 251 g/mol. The van der Waals surface area contributed by atoms with Crippen LogP contribution in [-0.2, 0) is 6.54 Å². The van der Waals surface area contributed by atoms with Gasteiger partial charge in [-0.15, -0.1) is 0 Å². The minimum absolute atomic E-state index is 0.262. The van der Waals surface area contributed by atoms with E-state index in [-0.39, 0.29) is 11.6 Å². The van der Waals surface area contributed by atoms with Gasteiger partial charge in [-0.1, -0.05) is 28.9 Å². The summed E-state index contributed by atoms with van der Waals surface area (Å²) < 4.78 is 4.82. The van der Waals surface area contributed by atoms with Crippen LogP contribution in [0.2, 0.25) is 5.02 Å². The highest BCUT2D eigenvalue weighted by Gasteiger charge is 2.09. The number of halogens is 1. The normalized spacial score (nSPS) is 10.2. The molecule has 0 saturated heterocycles. The Hall–Kier alpha value is -1.81. The average Bonchev–Trinajstić information content (AvgIpc) is 2.73. The lowest BCUT2D eigenvalue weighted by atomic mass is 10.2. The summed E-state index contributed by atoms with van der Waals surface area (Å²) >= 11 is 5.84. The fourth-order valence-corrected chi connectivity index (χ4v) is 1.61. The maximum absolute atomic E-state index is 11.6. The summed E-state index contributed by atoms with van der Waals surface area (Å²) in [4.78, 5) is 11.6. The van der Waals surface area contributed by atoms with Gasteiger partial charge in [-0.3, -0.25) is 4.79 Å². The van der Waals surface area contributed by atoms with Crippen molar-refractivity contribution in [3.63, 3.8) is 0 Å². The van der Waals surface area contributed by atoms with Crippen molar-refractivity contribution in [1.29, 1.82) is 0 Å². The standard InChI is InChI=1S/C12H11ClN2O2/c1-8-5-11(15-17-8)12(16)14-7-9-3-2-4-10(13)6-9/h2-6H,7H2,1H3,(H,14,16). The molecule has 4 nitrogen and oxygen atoms in total. The second-order valence-electron chi connectivity index (χ2n) is 3.64. The number of hydrogen-bond acceptors (Lipinski definition) is 3. The quantitative estimate of drug-likeness (QED) is 0.911. The third-order valence-electron chi connectivity index (χ3n) is 2.20. The van der Waals surface area contributed by atoms with E-state index in [0.717, 1.165) is 5.56 Å². The third-order valence-corrected chi connectivity index (χ3v) is 2.44. The highest BCUT2D eigenvalue weighted by molar-refractivity contribution is 6.30. The van der Waals surface area contributed by atoms with Crippen LogP contribution < -0.4 is 5.32 Å². The highest BCUT2D eigenvalue weighted by Crippen LogP contribution is 2.10. The van der Waals surface area contributed by atoms with Crippen molar-refractivity contribution >= 4 is 17.5 Å². The van der Waals surface area contributed by atoms with E-state index in [0.29, 0.717) is 17.3 Å². The number of nitrogens with zero attached hydrogens (tertiary/aromatic N) is 1. The molecule has 0 atom stereocenters. The molecule has 17 heavy (non-hydrogen) atoms. The van der Waals surface area contributed by atoms with Gasteiger partial charge in [-0.25, -0.2) is 0 Å². The number of amides is 1. The topological polar surface area (TPSA) is 55.1 Å². The van der Waals surface area contributed by atoms with Crippen molar-refractivity contribution in [2.75, 3.05) is 0 Å². The van der Waals surface area contributed by atoms with Crippen molar-refractivity contribution in [1.82, 2.24) is 10.5 Å². The molecule has 1 amide bonds. The van der Waals surface area contributed by atoms with Crippen LogP contribution in [0, 0.1) is 6.92 Å². The molecule has 0 bridgehead atoms. The molecule has 0 unspecified atom stereocenters. The molecule has 5 heteroatoms. The smallest absolute Gasteiger partial charge is 0.273 e. The molecule has 1 aromatic carbocycles. The summed E-state index contributed by atoms with van der Waals surface area (Å²) in [5.74, 6) is 0.347. The Morgan fingerprint density at radius 1 is 1.47 bits per heavy atom. The largest absolute Gasteiger partial charge is 0.361 e. The van der Waals surface area contributed by atoms with Crippen LogP contribution in [0.4, 0.5) is 0 Å². The maximum Gasteiger partial charge on any atom is 0.273 e. The van der Waals surface area contributed by atoms with Gasteiger partial charge < -0.3 is 9.84 Å². The van der Waals surface area contributed by atoms with Crippen LogP contribution in [0.5, 0.6) is 0 Å². The monoisotopic (exact) mass is 250 g/mol. The van der Waals surface area contributed by atoms with Crippen LogP contribution in [0.1, 0.15) is 21.8 Å². The maximum atomic E-state index is 11.6. The van der Waals surface area contributed by atoms with Crippen LogP contribution >= 0.6 is 11.6 Å². The number of rotatable bonds is 3. The SMILES string of the molecule is Cc1cc(C(=O)NCc2cccc(Cl)c2)no1. The lowest BCUT2D eigenvalue weighted by molar-refractivity contribution is 0.0942. The molecule has 1 N–H and O–H groups in total. The van der Waals surface area contributed by atoms with Crippen LogP contribution in [0.3, 0.4) is 0 Å². The first-order valence-corrected chi connectivity index (χ1v) is 5.49. The van der Waals surface area contributed by atoms with E-state index in [1.807, 2.05) is 12.1 Å². The van der Waals surface area contributed by atoms with Crippen molar-refractivity contribution in [2.45, 2.75) is 13.5 Å². The Balaban J connectivity index is 1.97. The summed E-state index contributed by atoms with van der Waals surface area (Å²) in [6, 6.07) is 8.90. The van der Waals surface area contributed by atoms with Crippen LogP contribution in [0.25, 0.3) is 0 Å². The molecule has 0 aliphatic rings. The zero-order valence-electron chi connectivity index (χ0n) is 9.24. The van der Waals surface area contributed by atoms with Gasteiger partial charge >= 0.3 is 0 Å². The summed E-state index contributed by atoms with van der Waals surface area (Å²) in [7, 11) is 0. The van der Waals surface area contributed by atoms with Crippen molar-refractivity contribution in [3.8, 4) is 0 Å². The number of carbonyl (C=O) groups is 1. The zero-order valence-corrected chi connectivity index (χ0v) is 9.99. The van der Waals surface area contributed by atoms with Gasteiger partial charge in [0, 0.05) is 17.6 Å². The van der Waals surface area contributed by atoms with Crippen LogP contribution in [0.15, 0.2) is 34.9 Å². The first kappa shape index (κ1) is 11.7. The Kier molecular flexibility index (Phi) is 3.44. The Morgan fingerprint density at radius 2 is 2.29 bits per heavy atom. The number of aromatic nitrogens is 1. The van der Waals surface area contributed by atoms with E-state index in [2.05, 4.69) is 10.5 Å². The fraction of sp³-hybridized carbons (Fsp3) is 0.167. The second-order valence-corrected chi connectivity index (χ2v) is 4.07. The first-order valence-electron chi connectivity index (χ1n) is 5.11. The second kappa shape index (κ2) is 5.01. The minimum atomic E-state index is -0.262. The number of aryl methyl sites for hydroxylation is 1. The van der Waals surface area contributed by atoms with Gasteiger partial charge in [-0.05, 0) is 24.6 Å². The van der Waals surface area contributed by atoms with E-state index in [1.165, 1.54) is 0 Å². The Labute approximate surface area is 104 Å². The van der Waals surface area contributed by atoms with Crippen LogP contribution in [-0.4, -0.2) is 11.1 Å². The predicted octanol–water partition coefficient (Wildman–Crippen LogP) is 2.57. The van der Waals surface area contributed by atoms with E-state index < -0.39 is 0 Å². The molecule has 1 heterocycles. The number of hydrogen-bond donors (Lipinski definition) is 1. The third kappa shape index (κ3) is 3.07. The molecule has 0 fully saturated rings. The molecular weight excluding hydrogens is 240 g/mol. The number of nitrogens with one attached hydrogen (secondary N) is 1. The molecule has 0 saturated carbocycles. The molecular formula is C12H11ClN2O2. The molecule has 2 rings (SSSR count). The molecule has 0 spiro atoms. The van der Waals surface area contributed by atoms with Gasteiger partial charge in [0.2, 0.25) is 0 Å². The minimum Gasteiger partial charge on any atom is -0.361 e. The zero-order chi connectivity index (χ0) is 12.3. The van der Waals surface area contributed by atoms with Gasteiger partial charge in [0.05, 0.1) is 0 Å². The lowest BCUT2D eigenvalue weighted by Crippen LogP contribution is -2.22. The van der Waals surface area contributed by atoms with Crippen molar-refractivity contribution in [2.24, 2.45) is 0 Å². The predicted molar refractivity (Wildman–Crippen MR) is 63.9 cm³/mol. The molecule has 0 aliphatic carbocycles. The van der Waals surface area contributed by atoms with E-state index in [9.17, 15) is 4.79 Å². The molecule has 0 radical (unpaired) electrons. The summed E-state index contributed by atoms with van der Waals surface area (Å²) in [6.07, 6.45) is 0. The fourth-order valence-electron chi connectivity index (χ4n) is 1.39. The van der Waals surface area contributed by atoms with Crippen molar-refractivity contribution < 1.29 is 9.32 Å². The van der Waals surface area contributed by atoms with Gasteiger partial charge in [0.25, 0.3) is 5.91 Å². The van der Waals surface area contributed by atoms with Gasteiger partial charge in [-0.2, -0.15) is 0 Å². The first-order chi connectivity index (χ1) is 8.15. The Morgan fingerprint density at radius 3 is 2.94 bits per heavy atom. The summed E-state index contributed by atoms with van der Waals surface area (Å²) in [5, 5.41) is 7.02. The van der Waals surface area contributed by atoms with E-state index in [4.69, 9.17) is 16.1 Å². The lowest BCUT2D eigenvalue weighted by Gasteiger charge is -2.03. The van der Waals surface area contributed by atoms with Gasteiger partial charge in [0.1, 0.15) is 5.76 Å². The summed E-state index contributed by atoms with van der Waals surface area (Å²) in [6.45, 7) is 2.14. The molecule has 1 aromatic heterocycles. The summed E-state index contributed by atoms with van der Waals surface area (Å²) in [5.41, 5.74) is 1.22. The van der Waals surface area contributed by atoms with Gasteiger partial charge in [0.15, 0.2) is 5.69 Å². The number of carbonyl (C=O) groups excluding carboxylic acids is 1. The molecule has 2 aromatic rings. The Bertz CT molecular complexity index is 537. The van der Waals surface area contributed by atoms with E-state index in [1.54, 1.807) is 25.1 Å².